The number of hydrogen-bond donors (Lipinski definition) is 1. The number of carbonyl (C=O) groups is 2. The minimum atomic E-state index is -0.804. The van der Waals surface area contributed by atoms with Crippen molar-refractivity contribution in [1.29, 1.82) is 0 Å². The summed E-state index contributed by atoms with van der Waals surface area (Å²) in [6, 6.07) is 9.84. The van der Waals surface area contributed by atoms with E-state index in [0.29, 0.717) is 26.1 Å². The molecule has 5 heteroatoms. The van der Waals surface area contributed by atoms with E-state index in [0.717, 1.165) is 24.8 Å². The van der Waals surface area contributed by atoms with Crippen molar-refractivity contribution >= 4 is 11.9 Å². The first-order valence-electron chi connectivity index (χ1n) is 8.35. The van der Waals surface area contributed by atoms with Crippen LogP contribution in [0.1, 0.15) is 37.4 Å². The average Bonchev–Trinajstić information content (AvgIpc) is 2.62. The summed E-state index contributed by atoms with van der Waals surface area (Å²) in [7, 11) is 0. The van der Waals surface area contributed by atoms with Crippen molar-refractivity contribution in [1.82, 2.24) is 4.90 Å². The molecule has 3 rings (SSSR count). The second-order valence-corrected chi connectivity index (χ2v) is 6.41. The number of carbonyl (C=O) groups excluding carboxylic acids is 1. The van der Waals surface area contributed by atoms with E-state index in [9.17, 15) is 14.7 Å². The Hall–Kier alpha value is -1.88. The molecule has 23 heavy (non-hydrogen) atoms. The van der Waals surface area contributed by atoms with Crippen LogP contribution in [0.2, 0.25) is 0 Å². The lowest BCUT2D eigenvalue weighted by Crippen LogP contribution is -2.47. The van der Waals surface area contributed by atoms with Crippen molar-refractivity contribution < 1.29 is 19.4 Å². The molecule has 1 aromatic carbocycles. The summed E-state index contributed by atoms with van der Waals surface area (Å²) in [5.74, 6) is -1.41. The fourth-order valence-corrected chi connectivity index (χ4v) is 3.62. The first kappa shape index (κ1) is 16.0. The van der Waals surface area contributed by atoms with Gasteiger partial charge in [-0.1, -0.05) is 30.3 Å². The van der Waals surface area contributed by atoms with Gasteiger partial charge >= 0.3 is 5.97 Å². The van der Waals surface area contributed by atoms with Crippen LogP contribution < -0.4 is 0 Å². The monoisotopic (exact) mass is 317 g/mol. The first-order valence-corrected chi connectivity index (χ1v) is 8.35. The topological polar surface area (TPSA) is 66.8 Å². The van der Waals surface area contributed by atoms with Crippen molar-refractivity contribution in [2.24, 2.45) is 11.8 Å². The minimum absolute atomic E-state index is 0.0458. The highest BCUT2D eigenvalue weighted by molar-refractivity contribution is 5.81. The molecule has 124 valence electrons. The first-order chi connectivity index (χ1) is 11.2. The molecular formula is C18H23NO4. The SMILES string of the molecule is O=C(O)[C@@H]1CCCN(C(=O)[C@@H]2CCCO[C@H]2c2ccccc2)C1. The van der Waals surface area contributed by atoms with E-state index in [-0.39, 0.29) is 17.9 Å². The van der Waals surface area contributed by atoms with Crippen molar-refractivity contribution in [2.75, 3.05) is 19.7 Å². The third-order valence-corrected chi connectivity index (χ3v) is 4.85. The number of piperidine rings is 1. The van der Waals surface area contributed by atoms with Gasteiger partial charge in [-0.05, 0) is 31.2 Å². The number of hydrogen-bond acceptors (Lipinski definition) is 3. The van der Waals surface area contributed by atoms with Crippen LogP contribution in [-0.2, 0) is 14.3 Å². The van der Waals surface area contributed by atoms with Crippen LogP contribution in [0.3, 0.4) is 0 Å². The molecule has 1 N–H and O–H groups in total. The summed E-state index contributed by atoms with van der Waals surface area (Å²) in [4.78, 5) is 25.9. The molecule has 5 nitrogen and oxygen atoms in total. The van der Waals surface area contributed by atoms with Crippen molar-refractivity contribution in [3.8, 4) is 0 Å². The highest BCUT2D eigenvalue weighted by Gasteiger charge is 2.38. The number of benzene rings is 1. The number of carboxylic acid groups (broad SMARTS) is 1. The minimum Gasteiger partial charge on any atom is -0.481 e. The predicted molar refractivity (Wildman–Crippen MR) is 84.8 cm³/mol. The molecular weight excluding hydrogens is 294 g/mol. The Morgan fingerprint density at radius 1 is 1.13 bits per heavy atom. The van der Waals surface area contributed by atoms with Gasteiger partial charge in [0, 0.05) is 19.7 Å². The Labute approximate surface area is 136 Å². The number of aliphatic carboxylic acids is 1. The number of carboxylic acids is 1. The Morgan fingerprint density at radius 3 is 2.65 bits per heavy atom. The molecule has 1 amide bonds. The fraction of sp³-hybridized carbons (Fsp3) is 0.556. The third kappa shape index (κ3) is 3.55. The highest BCUT2D eigenvalue weighted by atomic mass is 16.5. The van der Waals surface area contributed by atoms with Gasteiger partial charge in [-0.2, -0.15) is 0 Å². The van der Waals surface area contributed by atoms with Gasteiger partial charge in [0.2, 0.25) is 5.91 Å². The fourth-order valence-electron chi connectivity index (χ4n) is 3.62. The van der Waals surface area contributed by atoms with Crippen LogP contribution in [0, 0.1) is 11.8 Å². The Bertz CT molecular complexity index is 559. The zero-order valence-corrected chi connectivity index (χ0v) is 13.2. The van der Waals surface area contributed by atoms with Crippen LogP contribution >= 0.6 is 0 Å². The molecule has 2 heterocycles. The molecule has 1 aromatic rings. The summed E-state index contributed by atoms with van der Waals surface area (Å²) in [6.07, 6.45) is 2.86. The van der Waals surface area contributed by atoms with Crippen LogP contribution in [0.4, 0.5) is 0 Å². The lowest BCUT2D eigenvalue weighted by molar-refractivity contribution is -0.151. The van der Waals surface area contributed by atoms with Gasteiger partial charge in [0.25, 0.3) is 0 Å². The molecule has 0 aromatic heterocycles. The van der Waals surface area contributed by atoms with Gasteiger partial charge in [-0.3, -0.25) is 9.59 Å². The Balaban J connectivity index is 1.75. The summed E-state index contributed by atoms with van der Waals surface area (Å²) >= 11 is 0. The maximum Gasteiger partial charge on any atom is 0.308 e. The van der Waals surface area contributed by atoms with E-state index in [2.05, 4.69) is 0 Å². The molecule has 2 fully saturated rings. The zero-order valence-electron chi connectivity index (χ0n) is 13.2. The summed E-state index contributed by atoms with van der Waals surface area (Å²) in [5.41, 5.74) is 1.03. The maximum atomic E-state index is 13.0. The lowest BCUT2D eigenvalue weighted by atomic mass is 9.87. The third-order valence-electron chi connectivity index (χ3n) is 4.85. The van der Waals surface area contributed by atoms with E-state index < -0.39 is 11.9 Å². The average molecular weight is 317 g/mol. The second-order valence-electron chi connectivity index (χ2n) is 6.41. The molecule has 2 aliphatic heterocycles. The van der Waals surface area contributed by atoms with Gasteiger partial charge in [0.15, 0.2) is 0 Å². The molecule has 0 spiro atoms. The summed E-state index contributed by atoms with van der Waals surface area (Å²) in [5, 5.41) is 9.22. The highest BCUT2D eigenvalue weighted by Crippen LogP contribution is 2.35. The molecule has 0 radical (unpaired) electrons. The van der Waals surface area contributed by atoms with Crippen LogP contribution in [0.15, 0.2) is 30.3 Å². The molecule has 0 aliphatic carbocycles. The van der Waals surface area contributed by atoms with Gasteiger partial charge in [-0.15, -0.1) is 0 Å². The molecule has 0 unspecified atom stereocenters. The van der Waals surface area contributed by atoms with Crippen LogP contribution in [0.5, 0.6) is 0 Å². The number of nitrogens with zero attached hydrogens (tertiary/aromatic N) is 1. The largest absolute Gasteiger partial charge is 0.481 e. The predicted octanol–water partition coefficient (Wildman–Crippen LogP) is 2.48. The van der Waals surface area contributed by atoms with E-state index in [4.69, 9.17) is 4.74 Å². The summed E-state index contributed by atoms with van der Waals surface area (Å²) in [6.45, 7) is 1.65. The van der Waals surface area contributed by atoms with Crippen LogP contribution in [0.25, 0.3) is 0 Å². The van der Waals surface area contributed by atoms with Crippen LogP contribution in [-0.4, -0.2) is 41.6 Å². The van der Waals surface area contributed by atoms with Gasteiger partial charge in [0.1, 0.15) is 0 Å². The maximum absolute atomic E-state index is 13.0. The van der Waals surface area contributed by atoms with Crippen molar-refractivity contribution in [3.05, 3.63) is 35.9 Å². The number of ether oxygens (including phenoxy) is 1. The smallest absolute Gasteiger partial charge is 0.308 e. The Morgan fingerprint density at radius 2 is 1.91 bits per heavy atom. The standard InChI is InChI=1S/C18H23NO4/c20-17(19-10-4-8-14(12-19)18(21)22)15-9-5-11-23-16(15)13-6-2-1-3-7-13/h1-3,6-7,14-16H,4-5,8-12H2,(H,21,22)/t14-,15-,16+/m1/s1. The second kappa shape index (κ2) is 7.13. The molecule has 2 aliphatic rings. The van der Waals surface area contributed by atoms with Gasteiger partial charge in [-0.25, -0.2) is 0 Å². The molecule has 0 saturated carbocycles. The van der Waals surface area contributed by atoms with Crippen molar-refractivity contribution in [3.63, 3.8) is 0 Å². The van der Waals surface area contributed by atoms with E-state index >= 15 is 0 Å². The molecule has 3 atom stereocenters. The zero-order chi connectivity index (χ0) is 16.2. The molecule has 2 saturated heterocycles. The normalized spacial score (nSPS) is 28.3. The number of rotatable bonds is 3. The number of likely N-dealkylation sites (tertiary alicyclic amines) is 1. The van der Waals surface area contributed by atoms with Crippen molar-refractivity contribution in [2.45, 2.75) is 31.8 Å². The van der Waals surface area contributed by atoms with E-state index in [1.807, 2.05) is 30.3 Å². The van der Waals surface area contributed by atoms with Gasteiger partial charge in [0.05, 0.1) is 17.9 Å². The number of amides is 1. The van der Waals surface area contributed by atoms with E-state index in [1.54, 1.807) is 4.90 Å². The summed E-state index contributed by atoms with van der Waals surface area (Å²) < 4.78 is 5.90. The van der Waals surface area contributed by atoms with Gasteiger partial charge < -0.3 is 14.7 Å². The molecule has 0 bridgehead atoms. The lowest BCUT2D eigenvalue weighted by Gasteiger charge is -2.37. The quantitative estimate of drug-likeness (QED) is 0.930. The Kier molecular flexibility index (Phi) is 4.96. The van der Waals surface area contributed by atoms with E-state index in [1.165, 1.54) is 0 Å².